The van der Waals surface area contributed by atoms with Crippen molar-refractivity contribution in [2.75, 3.05) is 0 Å². The van der Waals surface area contributed by atoms with Crippen LogP contribution >= 0.6 is 12.2 Å². The van der Waals surface area contributed by atoms with Gasteiger partial charge in [-0.25, -0.2) is 19.9 Å². The van der Waals surface area contributed by atoms with Crippen LogP contribution in [0.1, 0.15) is 49.6 Å². The molecule has 2 aromatic carbocycles. The molecule has 6 heteroatoms. The first kappa shape index (κ1) is 24.5. The highest BCUT2D eigenvalue weighted by Gasteiger charge is 2.05. The Kier molecular flexibility index (Phi) is 8.93. The molecule has 176 valence electrons. The maximum Gasteiger partial charge on any atom is 0.159 e. The number of hydrogen-bond acceptors (Lipinski definition) is 6. The molecule has 0 N–H and O–H groups in total. The van der Waals surface area contributed by atoms with Crippen molar-refractivity contribution in [3.8, 4) is 22.5 Å². The minimum absolute atomic E-state index is 0.680. The smallest absolute Gasteiger partial charge is 0.159 e. The summed E-state index contributed by atoms with van der Waals surface area (Å²) in [5.41, 5.74) is 6.34. The fourth-order valence-electron chi connectivity index (χ4n) is 3.88. The fraction of sp³-hybridized carbons (Fsp3) is 0.276. The van der Waals surface area contributed by atoms with Crippen molar-refractivity contribution >= 4 is 23.1 Å². The van der Waals surface area contributed by atoms with Crippen molar-refractivity contribution in [3.05, 3.63) is 90.3 Å². The molecule has 0 aliphatic rings. The number of unbranched alkanes of at least 4 members (excludes halogenated alkanes) is 3. The van der Waals surface area contributed by atoms with Gasteiger partial charge in [-0.1, -0.05) is 50.5 Å². The van der Waals surface area contributed by atoms with Gasteiger partial charge in [-0.15, -0.1) is 0 Å². The molecule has 0 bridgehead atoms. The van der Waals surface area contributed by atoms with Gasteiger partial charge in [0.1, 0.15) is 5.82 Å². The third kappa shape index (κ3) is 7.19. The summed E-state index contributed by atoms with van der Waals surface area (Å²) in [6.45, 7) is 2.25. The second-order valence-corrected chi connectivity index (χ2v) is 8.74. The number of hydrogen-bond donors (Lipinski definition) is 0. The molecule has 4 rings (SSSR count). The number of aryl methyl sites for hydroxylation is 3. The number of aromatic nitrogens is 4. The van der Waals surface area contributed by atoms with Gasteiger partial charge >= 0.3 is 0 Å². The molecule has 0 saturated carbocycles. The molecule has 0 unspecified atom stereocenters. The molecule has 5 nitrogen and oxygen atoms in total. The Balaban J connectivity index is 1.30. The van der Waals surface area contributed by atoms with Crippen LogP contribution in [0.25, 0.3) is 22.5 Å². The zero-order chi connectivity index (χ0) is 24.3. The van der Waals surface area contributed by atoms with Gasteiger partial charge in [0.05, 0.1) is 10.8 Å². The number of rotatable bonds is 11. The molecule has 0 aliphatic carbocycles. The molecule has 2 heterocycles. The molecule has 2 aromatic heterocycles. The van der Waals surface area contributed by atoms with Crippen molar-refractivity contribution in [1.82, 2.24) is 19.9 Å². The molecular formula is C29H29N5S. The highest BCUT2D eigenvalue weighted by Crippen LogP contribution is 2.21. The van der Waals surface area contributed by atoms with Gasteiger partial charge < -0.3 is 0 Å². The third-order valence-corrected chi connectivity index (χ3v) is 6.05. The van der Waals surface area contributed by atoms with Gasteiger partial charge in [-0.2, -0.15) is 4.99 Å². The largest absolute Gasteiger partial charge is 0.241 e. The van der Waals surface area contributed by atoms with Gasteiger partial charge in [0.15, 0.2) is 5.82 Å². The highest BCUT2D eigenvalue weighted by atomic mass is 32.1. The molecule has 0 spiro atoms. The maximum absolute atomic E-state index is 4.64. The lowest BCUT2D eigenvalue weighted by Crippen LogP contribution is -2.00. The zero-order valence-electron chi connectivity index (χ0n) is 20.0. The van der Waals surface area contributed by atoms with Gasteiger partial charge in [-0.05, 0) is 72.4 Å². The molecule has 35 heavy (non-hydrogen) atoms. The van der Waals surface area contributed by atoms with E-state index in [4.69, 9.17) is 0 Å². The molecule has 0 aliphatic heterocycles. The molecule has 0 radical (unpaired) electrons. The number of isothiocyanates is 1. The van der Waals surface area contributed by atoms with Crippen molar-refractivity contribution in [2.24, 2.45) is 4.99 Å². The monoisotopic (exact) mass is 479 g/mol. The molecular weight excluding hydrogens is 450 g/mol. The summed E-state index contributed by atoms with van der Waals surface area (Å²) in [6.07, 6.45) is 15.4. The van der Waals surface area contributed by atoms with Crippen LogP contribution in [0.5, 0.6) is 0 Å². The first-order chi connectivity index (χ1) is 17.2. The summed E-state index contributed by atoms with van der Waals surface area (Å²) in [5.74, 6) is 1.50. The Morgan fingerprint density at radius 1 is 0.657 bits per heavy atom. The highest BCUT2D eigenvalue weighted by molar-refractivity contribution is 7.78. The van der Waals surface area contributed by atoms with E-state index in [-0.39, 0.29) is 0 Å². The number of thiocarbonyl (C=S) groups is 1. The van der Waals surface area contributed by atoms with E-state index >= 15 is 0 Å². The molecule has 0 fully saturated rings. The second-order valence-electron chi connectivity index (χ2n) is 8.56. The van der Waals surface area contributed by atoms with E-state index in [0.717, 1.165) is 53.0 Å². The molecule has 0 atom stereocenters. The molecule has 0 saturated heterocycles. The van der Waals surface area contributed by atoms with E-state index in [9.17, 15) is 0 Å². The number of benzene rings is 2. The minimum Gasteiger partial charge on any atom is -0.241 e. The summed E-state index contributed by atoms with van der Waals surface area (Å²) in [5, 5.41) is 2.37. The van der Waals surface area contributed by atoms with Crippen molar-refractivity contribution in [1.29, 1.82) is 0 Å². The molecule has 0 amide bonds. The summed E-state index contributed by atoms with van der Waals surface area (Å²) in [7, 11) is 0. The Labute approximate surface area is 212 Å². The van der Waals surface area contributed by atoms with Crippen molar-refractivity contribution in [3.63, 3.8) is 0 Å². The second kappa shape index (κ2) is 12.7. The quantitative estimate of drug-likeness (QED) is 0.129. The predicted molar refractivity (Wildman–Crippen MR) is 145 cm³/mol. The van der Waals surface area contributed by atoms with E-state index in [1.807, 2.05) is 49.1 Å². The number of nitrogens with zero attached hydrogens (tertiary/aromatic N) is 5. The normalized spacial score (nSPS) is 10.7. The topological polar surface area (TPSA) is 63.9 Å². The SMILES string of the molecule is CCCCCCc1ccc(-c2cnc(CCc3cnc(-c4ccc(N=C=S)cc4)nc3)nc2)cc1. The third-order valence-electron chi connectivity index (χ3n) is 5.95. The van der Waals surface area contributed by atoms with Gasteiger partial charge in [-0.3, -0.25) is 0 Å². The van der Waals surface area contributed by atoms with E-state index in [0.29, 0.717) is 5.82 Å². The Hall–Kier alpha value is -3.60. The lowest BCUT2D eigenvalue weighted by molar-refractivity contribution is 0.667. The van der Waals surface area contributed by atoms with Gasteiger partial charge in [0, 0.05) is 42.3 Å². The predicted octanol–water partition coefficient (Wildman–Crippen LogP) is 7.24. The zero-order valence-corrected chi connectivity index (χ0v) is 20.8. The average molecular weight is 480 g/mol. The standard InChI is InChI=1S/C29H29N5S/c1-2-3-4-5-6-22-7-10-24(11-8-22)26-19-30-28(31-20-26)16-9-23-17-32-29(33-18-23)25-12-14-27(15-13-25)34-21-35/h7-8,10-15,17-20H,2-6,9,16H2,1H3. The lowest BCUT2D eigenvalue weighted by atomic mass is 10.0. The Bertz CT molecular complexity index is 1240. The van der Waals surface area contributed by atoms with E-state index < -0.39 is 0 Å². The first-order valence-electron chi connectivity index (χ1n) is 12.1. The van der Waals surface area contributed by atoms with E-state index in [1.165, 1.54) is 31.2 Å². The van der Waals surface area contributed by atoms with Crippen molar-refractivity contribution < 1.29 is 0 Å². The molecule has 4 aromatic rings. The van der Waals surface area contributed by atoms with Crippen LogP contribution in [0.15, 0.2) is 78.3 Å². The van der Waals surface area contributed by atoms with Crippen LogP contribution in [-0.4, -0.2) is 25.1 Å². The van der Waals surface area contributed by atoms with Gasteiger partial charge in [0.25, 0.3) is 0 Å². The van der Waals surface area contributed by atoms with Crippen LogP contribution in [0, 0.1) is 0 Å². The van der Waals surface area contributed by atoms with Crippen molar-refractivity contribution in [2.45, 2.75) is 51.9 Å². The van der Waals surface area contributed by atoms with Crippen LogP contribution in [-0.2, 0) is 19.3 Å². The summed E-state index contributed by atoms with van der Waals surface area (Å²) in [4.78, 5) is 22.1. The van der Waals surface area contributed by atoms with Crippen LogP contribution in [0.4, 0.5) is 5.69 Å². The summed E-state index contributed by atoms with van der Waals surface area (Å²) < 4.78 is 0. The van der Waals surface area contributed by atoms with Crippen LogP contribution in [0.3, 0.4) is 0 Å². The summed E-state index contributed by atoms with van der Waals surface area (Å²) >= 11 is 4.64. The average Bonchev–Trinajstić information content (AvgIpc) is 2.92. The Morgan fingerprint density at radius 2 is 1.34 bits per heavy atom. The number of aliphatic imine (C=N–C) groups is 1. The Morgan fingerprint density at radius 3 is 2.00 bits per heavy atom. The maximum atomic E-state index is 4.64. The lowest BCUT2D eigenvalue weighted by Gasteiger charge is -2.06. The van der Waals surface area contributed by atoms with Crippen LogP contribution < -0.4 is 0 Å². The minimum atomic E-state index is 0.680. The van der Waals surface area contributed by atoms with E-state index in [1.54, 1.807) is 0 Å². The first-order valence-corrected chi connectivity index (χ1v) is 12.6. The van der Waals surface area contributed by atoms with E-state index in [2.05, 4.69) is 73.5 Å². The van der Waals surface area contributed by atoms with Crippen LogP contribution in [0.2, 0.25) is 0 Å². The summed E-state index contributed by atoms with van der Waals surface area (Å²) in [6, 6.07) is 16.4. The fourth-order valence-corrected chi connectivity index (χ4v) is 3.98. The van der Waals surface area contributed by atoms with Gasteiger partial charge in [0.2, 0.25) is 0 Å².